The first-order valence-electron chi connectivity index (χ1n) is 22.8. The maximum atomic E-state index is 5.37. The Bertz CT molecular complexity index is 4590. The molecule has 0 radical (unpaired) electrons. The zero-order valence-electron chi connectivity index (χ0n) is 36.0. The van der Waals surface area contributed by atoms with Crippen molar-refractivity contribution in [2.75, 3.05) is 0 Å². The summed E-state index contributed by atoms with van der Waals surface area (Å²) in [6.45, 7) is 0. The van der Waals surface area contributed by atoms with Crippen molar-refractivity contribution in [2.24, 2.45) is 0 Å². The van der Waals surface area contributed by atoms with Crippen LogP contribution in [0.3, 0.4) is 0 Å². The second kappa shape index (κ2) is 13.9. The highest BCUT2D eigenvalue weighted by Crippen LogP contribution is 2.44. The molecule has 0 unspecified atom stereocenters. The van der Waals surface area contributed by atoms with E-state index in [4.69, 9.17) is 9.97 Å². The summed E-state index contributed by atoms with van der Waals surface area (Å²) in [5.41, 5.74) is 12.8. The van der Waals surface area contributed by atoms with Crippen molar-refractivity contribution in [2.45, 2.75) is 0 Å². The van der Waals surface area contributed by atoms with Crippen molar-refractivity contribution in [1.29, 1.82) is 0 Å². The van der Waals surface area contributed by atoms with Crippen LogP contribution in [-0.2, 0) is 0 Å². The van der Waals surface area contributed by atoms with Gasteiger partial charge in [0.25, 0.3) is 0 Å². The van der Waals surface area contributed by atoms with E-state index in [-0.39, 0.29) is 0 Å². The summed E-state index contributed by atoms with van der Waals surface area (Å²) in [6, 6.07) is 79.7. The fourth-order valence-corrected chi connectivity index (χ4v) is 12.2. The van der Waals surface area contributed by atoms with Crippen molar-refractivity contribution < 1.29 is 0 Å². The van der Waals surface area contributed by atoms with Crippen LogP contribution in [0.1, 0.15) is 0 Å². The summed E-state index contributed by atoms with van der Waals surface area (Å²) < 4.78 is 7.40. The topological polar surface area (TPSA) is 35.6 Å². The molecule has 0 aliphatic carbocycles. The van der Waals surface area contributed by atoms with E-state index in [1.165, 1.54) is 90.7 Å². The fourth-order valence-electron chi connectivity index (χ4n) is 11.0. The number of para-hydroxylation sites is 4. The lowest BCUT2D eigenvalue weighted by Gasteiger charge is -2.14. The molecule has 0 N–H and O–H groups in total. The normalized spacial score (nSPS) is 12.2. The largest absolute Gasteiger partial charge is 0.309 e. The van der Waals surface area contributed by atoms with Crippen molar-refractivity contribution in [3.63, 3.8) is 0 Å². The lowest BCUT2D eigenvalue weighted by molar-refractivity contribution is 1.18. The molecule has 0 bridgehead atoms. The first kappa shape index (κ1) is 36.7. The molecule has 11 aromatic carbocycles. The van der Waals surface area contributed by atoms with Crippen molar-refractivity contribution in [3.05, 3.63) is 218 Å². The minimum absolute atomic E-state index is 0.881. The highest BCUT2D eigenvalue weighted by atomic mass is 32.1. The predicted octanol–water partition coefficient (Wildman–Crippen LogP) is 17.0. The van der Waals surface area contributed by atoms with Gasteiger partial charge in [-0.25, -0.2) is 9.97 Å². The minimum Gasteiger partial charge on any atom is -0.309 e. The average Bonchev–Trinajstić information content (AvgIpc) is 4.05. The highest BCUT2D eigenvalue weighted by Gasteiger charge is 2.20. The van der Waals surface area contributed by atoms with E-state index in [0.717, 1.165) is 50.3 Å². The first-order chi connectivity index (χ1) is 33.2. The molecule has 4 nitrogen and oxygen atoms in total. The Labute approximate surface area is 387 Å². The molecular formula is C62H36N4S. The van der Waals surface area contributed by atoms with Gasteiger partial charge < -0.3 is 9.13 Å². The van der Waals surface area contributed by atoms with Gasteiger partial charge in [0.1, 0.15) is 0 Å². The summed E-state index contributed by atoms with van der Waals surface area (Å²) in [6.07, 6.45) is 0. The van der Waals surface area contributed by atoms with Crippen LogP contribution >= 0.6 is 11.3 Å². The third-order valence-electron chi connectivity index (χ3n) is 14.0. The number of rotatable bonds is 4. The SMILES string of the molecule is c1ccc2c(c1)ccc1c3ccccc3n(-c3ccc4cc5c(cc4c3)c3ccccc3n5-c3ccc4ccc(-c5nc6ccccc6nc5-c5cccc6c5sc5ccccc56)cc4c3)c21. The van der Waals surface area contributed by atoms with Crippen LogP contribution in [0.2, 0.25) is 0 Å². The van der Waals surface area contributed by atoms with E-state index in [2.05, 4.69) is 215 Å². The standard InChI is InChI=1S/C62H36N4S/c1-2-13-45-38(12-1)28-31-49-46-14-3-9-22-56(46)66(61(45)49)44-30-27-39-36-57-52(35-42(39)34-44)47-15-4-8-21-55(47)65(57)43-29-26-37-24-25-40(32-41(37)33-43)59-60(64-54-20-7-6-19-53(54)63-59)51-18-11-17-50-48-16-5-10-23-58(48)67-62(50)51/h1-36H. The van der Waals surface area contributed by atoms with E-state index in [9.17, 15) is 0 Å². The summed E-state index contributed by atoms with van der Waals surface area (Å²) in [5, 5.41) is 14.7. The summed E-state index contributed by atoms with van der Waals surface area (Å²) >= 11 is 1.83. The molecule has 0 saturated heterocycles. The molecule has 0 fully saturated rings. The number of hydrogen-bond donors (Lipinski definition) is 0. The van der Waals surface area contributed by atoms with Crippen molar-refractivity contribution >= 4 is 118 Å². The fraction of sp³-hybridized carbons (Fsp3) is 0. The van der Waals surface area contributed by atoms with E-state index in [1.807, 2.05) is 23.5 Å². The van der Waals surface area contributed by atoms with Crippen LogP contribution in [0.15, 0.2) is 218 Å². The van der Waals surface area contributed by atoms with Gasteiger partial charge in [0.2, 0.25) is 0 Å². The Kier molecular flexibility index (Phi) is 7.63. The van der Waals surface area contributed by atoms with Gasteiger partial charge in [-0.2, -0.15) is 0 Å². The molecule has 310 valence electrons. The summed E-state index contributed by atoms with van der Waals surface area (Å²) in [7, 11) is 0. The molecular weight excluding hydrogens is 833 g/mol. The highest BCUT2D eigenvalue weighted by molar-refractivity contribution is 7.26. The molecule has 4 heterocycles. The van der Waals surface area contributed by atoms with Crippen LogP contribution in [-0.4, -0.2) is 19.1 Å². The van der Waals surface area contributed by atoms with E-state index in [1.54, 1.807) is 0 Å². The van der Waals surface area contributed by atoms with Crippen molar-refractivity contribution in [1.82, 2.24) is 19.1 Å². The molecule has 0 saturated carbocycles. The summed E-state index contributed by atoms with van der Waals surface area (Å²) in [4.78, 5) is 10.7. The average molecular weight is 869 g/mol. The number of hydrogen-bond acceptors (Lipinski definition) is 3. The molecule has 15 rings (SSSR count). The molecule has 15 aromatic rings. The van der Waals surface area contributed by atoms with E-state index < -0.39 is 0 Å². The quantitative estimate of drug-likeness (QED) is 0.177. The molecule has 67 heavy (non-hydrogen) atoms. The van der Waals surface area contributed by atoms with Gasteiger partial charge in [-0.15, -0.1) is 11.3 Å². The maximum Gasteiger partial charge on any atom is 0.0987 e. The smallest absolute Gasteiger partial charge is 0.0987 e. The number of aromatic nitrogens is 4. The van der Waals surface area contributed by atoms with Gasteiger partial charge in [0.15, 0.2) is 0 Å². The first-order valence-corrected chi connectivity index (χ1v) is 23.6. The molecule has 0 spiro atoms. The Morgan fingerprint density at radius 2 is 0.940 bits per heavy atom. The van der Waals surface area contributed by atoms with Crippen LogP contribution in [0.4, 0.5) is 0 Å². The van der Waals surface area contributed by atoms with Gasteiger partial charge >= 0.3 is 0 Å². The Balaban J connectivity index is 0.905. The minimum atomic E-state index is 0.881. The van der Waals surface area contributed by atoms with Crippen molar-refractivity contribution in [3.8, 4) is 33.9 Å². The molecule has 5 heteroatoms. The lowest BCUT2D eigenvalue weighted by Crippen LogP contribution is -1.96. The van der Waals surface area contributed by atoms with Gasteiger partial charge in [-0.05, 0) is 99.7 Å². The zero-order chi connectivity index (χ0) is 43.7. The number of thiophene rings is 1. The lowest BCUT2D eigenvalue weighted by atomic mass is 9.99. The molecule has 0 aliphatic heterocycles. The summed E-state index contributed by atoms with van der Waals surface area (Å²) in [5.74, 6) is 0. The van der Waals surface area contributed by atoms with Crippen LogP contribution < -0.4 is 0 Å². The van der Waals surface area contributed by atoms with Crippen LogP contribution in [0.25, 0.3) is 141 Å². The van der Waals surface area contributed by atoms with Gasteiger partial charge in [0.05, 0.1) is 44.5 Å². The van der Waals surface area contributed by atoms with Gasteiger partial charge in [-0.3, -0.25) is 0 Å². The third-order valence-corrected chi connectivity index (χ3v) is 15.2. The molecule has 4 aromatic heterocycles. The monoisotopic (exact) mass is 868 g/mol. The Hall–Kier alpha value is -8.64. The zero-order valence-corrected chi connectivity index (χ0v) is 36.8. The molecule has 0 atom stereocenters. The number of benzene rings is 11. The van der Waals surface area contributed by atoms with Crippen LogP contribution in [0, 0.1) is 0 Å². The Morgan fingerprint density at radius 1 is 0.328 bits per heavy atom. The molecule has 0 aliphatic rings. The van der Waals surface area contributed by atoms with Crippen LogP contribution in [0.5, 0.6) is 0 Å². The second-order valence-corrected chi connectivity index (χ2v) is 18.8. The number of fused-ring (bicyclic) bond motifs is 14. The van der Waals surface area contributed by atoms with E-state index >= 15 is 0 Å². The number of nitrogens with zero attached hydrogens (tertiary/aromatic N) is 4. The third kappa shape index (κ3) is 5.40. The van der Waals surface area contributed by atoms with E-state index in [0.29, 0.717) is 0 Å². The predicted molar refractivity (Wildman–Crippen MR) is 284 cm³/mol. The molecule has 0 amide bonds. The van der Waals surface area contributed by atoms with Gasteiger partial charge in [-0.1, -0.05) is 146 Å². The maximum absolute atomic E-state index is 5.37. The Morgan fingerprint density at radius 3 is 1.78 bits per heavy atom. The van der Waals surface area contributed by atoms with Gasteiger partial charge in [0, 0.05) is 69.6 Å². The second-order valence-electron chi connectivity index (χ2n) is 17.7.